The average molecular weight is 501 g/mol. The number of para-hydroxylation sites is 1. The predicted molar refractivity (Wildman–Crippen MR) is 142 cm³/mol. The van der Waals surface area contributed by atoms with E-state index >= 15 is 0 Å². The van der Waals surface area contributed by atoms with Gasteiger partial charge in [-0.1, -0.05) is 72.8 Å². The van der Waals surface area contributed by atoms with E-state index in [1.165, 1.54) is 4.90 Å². The number of thiol groups is 1. The number of carbonyl (C=O) groups is 3. The molecule has 184 valence electrons. The van der Waals surface area contributed by atoms with Crippen LogP contribution in [0.3, 0.4) is 0 Å². The van der Waals surface area contributed by atoms with Gasteiger partial charge in [0.2, 0.25) is 11.8 Å². The first-order valence-corrected chi connectivity index (χ1v) is 12.8. The molecule has 2 amide bonds. The number of carboxylic acid groups (broad SMARTS) is 1. The lowest BCUT2D eigenvalue weighted by atomic mass is 9.96. The van der Waals surface area contributed by atoms with Crippen molar-refractivity contribution in [1.29, 1.82) is 0 Å². The minimum atomic E-state index is -1.04. The molecule has 0 aromatic heterocycles. The van der Waals surface area contributed by atoms with E-state index in [1.54, 1.807) is 0 Å². The number of amides is 2. The summed E-state index contributed by atoms with van der Waals surface area (Å²) >= 11 is 4.42. The number of aryl methyl sites for hydroxylation is 1. The molecule has 2 aliphatic heterocycles. The summed E-state index contributed by atoms with van der Waals surface area (Å²) in [5.41, 5.74) is 5.77. The molecule has 0 radical (unpaired) electrons. The number of aliphatic carboxylic acids is 1. The van der Waals surface area contributed by atoms with E-state index in [0.29, 0.717) is 30.7 Å². The fourth-order valence-corrected chi connectivity index (χ4v) is 5.54. The van der Waals surface area contributed by atoms with Crippen LogP contribution in [-0.4, -0.2) is 40.7 Å². The quantitative estimate of drug-likeness (QED) is 0.430. The Morgan fingerprint density at radius 3 is 2.36 bits per heavy atom. The topological polar surface area (TPSA) is 86.7 Å². The molecule has 2 heterocycles. The summed E-state index contributed by atoms with van der Waals surface area (Å²) in [5.74, 6) is -1.72. The van der Waals surface area contributed by atoms with Gasteiger partial charge >= 0.3 is 5.97 Å². The van der Waals surface area contributed by atoms with Crippen molar-refractivity contribution in [3.63, 3.8) is 0 Å². The maximum absolute atomic E-state index is 13.5. The van der Waals surface area contributed by atoms with Crippen LogP contribution >= 0.6 is 12.6 Å². The van der Waals surface area contributed by atoms with Gasteiger partial charge in [0.25, 0.3) is 0 Å². The molecule has 0 aliphatic carbocycles. The molecule has 5 rings (SSSR count). The Hall–Kier alpha value is -3.58. The largest absolute Gasteiger partial charge is 0.480 e. The minimum Gasteiger partial charge on any atom is -0.480 e. The number of nitrogens with zero attached hydrogens (tertiary/aromatic N) is 1. The molecule has 0 fully saturated rings. The Morgan fingerprint density at radius 1 is 0.972 bits per heavy atom. The second kappa shape index (κ2) is 10.2. The lowest BCUT2D eigenvalue weighted by Crippen LogP contribution is -2.53. The molecule has 2 N–H and O–H groups in total. The summed E-state index contributed by atoms with van der Waals surface area (Å²) < 4.78 is 0. The third-order valence-corrected chi connectivity index (χ3v) is 7.58. The van der Waals surface area contributed by atoms with Crippen molar-refractivity contribution in [2.45, 2.75) is 37.8 Å². The predicted octanol–water partition coefficient (Wildman–Crippen LogP) is 3.92. The van der Waals surface area contributed by atoms with E-state index in [0.717, 1.165) is 27.8 Å². The van der Waals surface area contributed by atoms with Crippen LogP contribution in [0.4, 0.5) is 5.69 Å². The molecule has 3 aromatic rings. The van der Waals surface area contributed by atoms with E-state index in [1.807, 2.05) is 60.7 Å². The second-order valence-corrected chi connectivity index (χ2v) is 9.80. The Balaban J connectivity index is 1.30. The molecule has 7 heteroatoms. The molecular formula is C29H28N2O4S. The molecule has 36 heavy (non-hydrogen) atoms. The lowest BCUT2D eigenvalue weighted by molar-refractivity contribution is -0.140. The SMILES string of the molecule is O=C(NC1CCc2cccc3c2N(C1=O)[C@H](C(=O)O)C3)[C@H](CS)Cc1ccc(-c2ccccc2)cc1. The molecular weight excluding hydrogens is 472 g/mol. The first-order chi connectivity index (χ1) is 17.5. The number of nitrogens with one attached hydrogen (secondary N) is 1. The molecule has 3 atom stereocenters. The summed E-state index contributed by atoms with van der Waals surface area (Å²) in [4.78, 5) is 40.1. The van der Waals surface area contributed by atoms with E-state index in [4.69, 9.17) is 0 Å². The van der Waals surface area contributed by atoms with Crippen LogP contribution in [0.1, 0.15) is 23.1 Å². The van der Waals surface area contributed by atoms with Crippen molar-refractivity contribution in [3.8, 4) is 11.1 Å². The highest BCUT2D eigenvalue weighted by Crippen LogP contribution is 2.39. The lowest BCUT2D eigenvalue weighted by Gasteiger charge is -2.27. The van der Waals surface area contributed by atoms with Gasteiger partial charge in [-0.3, -0.25) is 14.5 Å². The van der Waals surface area contributed by atoms with Gasteiger partial charge in [0.1, 0.15) is 12.1 Å². The van der Waals surface area contributed by atoms with Gasteiger partial charge in [-0.25, -0.2) is 4.79 Å². The standard InChI is InChI=1S/C29H28N2O4S/c32-27(23(17-36)15-18-9-11-20(12-10-18)19-5-2-1-3-6-19)30-24-14-13-21-7-4-8-22-16-25(29(34)35)31(26(21)22)28(24)33/h1-12,23-25,36H,13-17H2,(H,30,32)(H,34,35)/t23-,24?,25-/m0/s1. The van der Waals surface area contributed by atoms with Gasteiger partial charge in [0.05, 0.1) is 11.6 Å². The number of hydrogen-bond acceptors (Lipinski definition) is 4. The fraction of sp³-hybridized carbons (Fsp3) is 0.276. The molecule has 6 nitrogen and oxygen atoms in total. The summed E-state index contributed by atoms with van der Waals surface area (Å²) in [6, 6.07) is 22.2. The van der Waals surface area contributed by atoms with Crippen molar-refractivity contribution in [2.24, 2.45) is 5.92 Å². The van der Waals surface area contributed by atoms with Crippen LogP contribution in [0.15, 0.2) is 72.8 Å². The zero-order valence-corrected chi connectivity index (χ0v) is 20.7. The second-order valence-electron chi connectivity index (χ2n) is 9.44. The smallest absolute Gasteiger partial charge is 0.327 e. The molecule has 1 unspecified atom stereocenters. The molecule has 0 bridgehead atoms. The monoisotopic (exact) mass is 500 g/mol. The number of hydrogen-bond donors (Lipinski definition) is 3. The Bertz CT molecular complexity index is 1290. The van der Waals surface area contributed by atoms with Gasteiger partial charge in [0.15, 0.2) is 0 Å². The van der Waals surface area contributed by atoms with E-state index < -0.39 is 24.0 Å². The Labute approximate surface area is 215 Å². The number of carboxylic acids is 1. The van der Waals surface area contributed by atoms with E-state index in [2.05, 4.69) is 30.1 Å². The molecule has 0 saturated carbocycles. The highest BCUT2D eigenvalue weighted by Gasteiger charge is 2.44. The van der Waals surface area contributed by atoms with Crippen molar-refractivity contribution in [1.82, 2.24) is 5.32 Å². The van der Waals surface area contributed by atoms with Gasteiger partial charge in [-0.05, 0) is 47.1 Å². The van der Waals surface area contributed by atoms with Gasteiger partial charge in [-0.15, -0.1) is 0 Å². The highest BCUT2D eigenvalue weighted by molar-refractivity contribution is 7.80. The minimum absolute atomic E-state index is 0.243. The van der Waals surface area contributed by atoms with E-state index in [-0.39, 0.29) is 18.2 Å². The summed E-state index contributed by atoms with van der Waals surface area (Å²) in [5, 5.41) is 12.7. The highest BCUT2D eigenvalue weighted by atomic mass is 32.1. The zero-order chi connectivity index (χ0) is 25.2. The first kappa shape index (κ1) is 24.1. The molecule has 0 saturated heterocycles. The maximum atomic E-state index is 13.5. The fourth-order valence-electron chi connectivity index (χ4n) is 5.24. The summed E-state index contributed by atoms with van der Waals surface area (Å²) in [7, 11) is 0. The van der Waals surface area contributed by atoms with E-state index in [9.17, 15) is 19.5 Å². The van der Waals surface area contributed by atoms with Crippen molar-refractivity contribution < 1.29 is 19.5 Å². The van der Waals surface area contributed by atoms with Crippen LogP contribution in [-0.2, 0) is 33.6 Å². The first-order valence-electron chi connectivity index (χ1n) is 12.2. The summed E-state index contributed by atoms with van der Waals surface area (Å²) in [6.45, 7) is 0. The van der Waals surface area contributed by atoms with Gasteiger partial charge in [-0.2, -0.15) is 12.6 Å². The van der Waals surface area contributed by atoms with Crippen LogP contribution in [0, 0.1) is 5.92 Å². The number of benzene rings is 3. The van der Waals surface area contributed by atoms with Crippen molar-refractivity contribution >= 4 is 36.1 Å². The third-order valence-electron chi connectivity index (χ3n) is 7.14. The van der Waals surface area contributed by atoms with Crippen LogP contribution < -0.4 is 10.2 Å². The molecule has 3 aromatic carbocycles. The van der Waals surface area contributed by atoms with Crippen molar-refractivity contribution in [3.05, 3.63) is 89.5 Å². The Kier molecular flexibility index (Phi) is 6.83. The van der Waals surface area contributed by atoms with Crippen LogP contribution in [0.25, 0.3) is 11.1 Å². The van der Waals surface area contributed by atoms with Crippen molar-refractivity contribution in [2.75, 3.05) is 10.7 Å². The van der Waals surface area contributed by atoms with Gasteiger partial charge < -0.3 is 10.4 Å². The summed E-state index contributed by atoms with van der Waals surface area (Å²) in [6.07, 6.45) is 1.80. The number of anilines is 1. The number of carbonyl (C=O) groups excluding carboxylic acids is 2. The maximum Gasteiger partial charge on any atom is 0.327 e. The Morgan fingerprint density at radius 2 is 1.67 bits per heavy atom. The molecule has 2 aliphatic rings. The number of rotatable bonds is 7. The molecule has 0 spiro atoms. The zero-order valence-electron chi connectivity index (χ0n) is 19.8. The van der Waals surface area contributed by atoms with Crippen LogP contribution in [0.2, 0.25) is 0 Å². The van der Waals surface area contributed by atoms with Gasteiger partial charge in [0, 0.05) is 12.2 Å². The third kappa shape index (κ3) is 4.63. The van der Waals surface area contributed by atoms with Crippen LogP contribution in [0.5, 0.6) is 0 Å². The average Bonchev–Trinajstić information content (AvgIpc) is 3.24. The normalized spacial score (nSPS) is 19.4.